The van der Waals surface area contributed by atoms with Crippen LogP contribution in [0.3, 0.4) is 0 Å². The summed E-state index contributed by atoms with van der Waals surface area (Å²) < 4.78 is 7.56. The quantitative estimate of drug-likeness (QED) is 0.468. The number of nitriles is 1. The summed E-state index contributed by atoms with van der Waals surface area (Å²) in [7, 11) is 0. The van der Waals surface area contributed by atoms with Gasteiger partial charge in [-0.3, -0.25) is 14.4 Å². The third-order valence-corrected chi connectivity index (χ3v) is 6.58. The third kappa shape index (κ3) is 5.01. The summed E-state index contributed by atoms with van der Waals surface area (Å²) in [5.74, 6) is -0.361. The predicted molar refractivity (Wildman–Crippen MR) is 126 cm³/mol. The van der Waals surface area contributed by atoms with Gasteiger partial charge in [0.1, 0.15) is 23.5 Å². The fourth-order valence-electron chi connectivity index (χ4n) is 4.65. The first-order valence-electron chi connectivity index (χ1n) is 12.0. The van der Waals surface area contributed by atoms with Crippen LogP contribution in [0.5, 0.6) is 5.75 Å². The van der Waals surface area contributed by atoms with Crippen LogP contribution in [-0.4, -0.2) is 41.5 Å². The highest BCUT2D eigenvalue weighted by Gasteiger charge is 2.35. The maximum absolute atomic E-state index is 13.5. The molecule has 1 aliphatic carbocycles. The summed E-state index contributed by atoms with van der Waals surface area (Å²) in [6, 6.07) is 7.81. The van der Waals surface area contributed by atoms with Crippen molar-refractivity contribution < 1.29 is 19.1 Å². The van der Waals surface area contributed by atoms with Crippen molar-refractivity contribution in [3.05, 3.63) is 30.0 Å². The van der Waals surface area contributed by atoms with Crippen molar-refractivity contribution in [2.24, 2.45) is 17.6 Å². The highest BCUT2D eigenvalue weighted by atomic mass is 16.5. The van der Waals surface area contributed by atoms with E-state index in [-0.39, 0.29) is 29.8 Å². The first-order valence-corrected chi connectivity index (χ1v) is 12.0. The molecule has 1 saturated carbocycles. The molecule has 1 aromatic heterocycles. The smallest absolute Gasteiger partial charge is 0.265 e. The molecule has 1 saturated heterocycles. The van der Waals surface area contributed by atoms with Gasteiger partial charge in [-0.15, -0.1) is 0 Å². The molecule has 2 heterocycles. The van der Waals surface area contributed by atoms with E-state index in [1.807, 2.05) is 25.1 Å². The van der Waals surface area contributed by atoms with E-state index < -0.39 is 18.0 Å². The molecule has 1 aliphatic heterocycles. The van der Waals surface area contributed by atoms with Crippen LogP contribution in [0.15, 0.2) is 24.3 Å². The van der Waals surface area contributed by atoms with Crippen LogP contribution in [0, 0.1) is 23.2 Å². The zero-order valence-electron chi connectivity index (χ0n) is 19.4. The van der Waals surface area contributed by atoms with Gasteiger partial charge in [0, 0.05) is 17.8 Å². The van der Waals surface area contributed by atoms with E-state index in [1.54, 1.807) is 10.6 Å². The van der Waals surface area contributed by atoms with Crippen LogP contribution in [0.1, 0.15) is 62.0 Å². The Morgan fingerprint density at radius 2 is 2.12 bits per heavy atom. The van der Waals surface area contributed by atoms with Gasteiger partial charge in [-0.2, -0.15) is 5.26 Å². The molecule has 180 valence electrons. The topological polar surface area (TPSA) is 139 Å². The lowest BCUT2D eigenvalue weighted by Crippen LogP contribution is -2.41. The number of nitrogens with two attached hydrogens (primary N) is 1. The lowest BCUT2D eigenvalue weighted by atomic mass is 9.98. The SMILES string of the molecule is CCCOc1cccc2c1cc(C(N)=O)n2[C@@H](CC1CC1)C(=O)NC(C#N)C[C@@H]1CCNC1=O. The Kier molecular flexibility index (Phi) is 7.06. The number of nitrogens with zero attached hydrogens (tertiary/aromatic N) is 2. The standard InChI is InChI=1S/C25H31N5O4/c1-2-10-34-22-5-3-4-19-18(22)13-20(23(27)31)30(19)21(11-15-6-7-15)25(33)29-17(14-26)12-16-8-9-28-24(16)32/h3-5,13,15-17,21H,2,6-12H2,1H3,(H2,27,31)(H,28,32)(H,29,33)/t16-,17?,21-/m0/s1. The third-order valence-electron chi connectivity index (χ3n) is 6.58. The second-order valence-corrected chi connectivity index (χ2v) is 9.20. The number of nitrogens with one attached hydrogen (secondary N) is 2. The van der Waals surface area contributed by atoms with E-state index in [0.717, 1.165) is 24.6 Å². The first-order chi connectivity index (χ1) is 16.4. The zero-order valence-corrected chi connectivity index (χ0v) is 19.4. The van der Waals surface area contributed by atoms with Crippen molar-refractivity contribution in [2.45, 2.75) is 57.5 Å². The van der Waals surface area contributed by atoms with Gasteiger partial charge in [-0.1, -0.05) is 25.8 Å². The van der Waals surface area contributed by atoms with E-state index >= 15 is 0 Å². The van der Waals surface area contributed by atoms with Crippen molar-refractivity contribution in [3.8, 4) is 11.8 Å². The molecule has 34 heavy (non-hydrogen) atoms. The highest BCUT2D eigenvalue weighted by Crippen LogP contribution is 2.40. The van der Waals surface area contributed by atoms with Gasteiger partial charge in [0.05, 0.1) is 18.2 Å². The molecule has 4 N–H and O–H groups in total. The number of ether oxygens (including phenoxy) is 1. The van der Waals surface area contributed by atoms with Crippen LogP contribution in [-0.2, 0) is 9.59 Å². The van der Waals surface area contributed by atoms with E-state index in [9.17, 15) is 19.6 Å². The molecular weight excluding hydrogens is 434 g/mol. The number of hydrogen-bond acceptors (Lipinski definition) is 5. The molecule has 0 spiro atoms. The van der Waals surface area contributed by atoms with Crippen molar-refractivity contribution >= 4 is 28.6 Å². The van der Waals surface area contributed by atoms with Crippen molar-refractivity contribution in [2.75, 3.05) is 13.2 Å². The maximum Gasteiger partial charge on any atom is 0.265 e. The lowest BCUT2D eigenvalue weighted by Gasteiger charge is -2.24. The Labute approximate surface area is 198 Å². The van der Waals surface area contributed by atoms with Crippen molar-refractivity contribution in [1.29, 1.82) is 5.26 Å². The molecule has 0 bridgehead atoms. The Hall–Kier alpha value is -3.54. The number of primary amides is 1. The fraction of sp³-hybridized carbons (Fsp3) is 0.520. The number of carbonyl (C=O) groups is 3. The van der Waals surface area contributed by atoms with Crippen LogP contribution >= 0.6 is 0 Å². The first kappa shape index (κ1) is 23.6. The average molecular weight is 466 g/mol. The van der Waals surface area contributed by atoms with Crippen molar-refractivity contribution in [1.82, 2.24) is 15.2 Å². The van der Waals surface area contributed by atoms with E-state index in [0.29, 0.717) is 43.2 Å². The van der Waals surface area contributed by atoms with Gasteiger partial charge >= 0.3 is 0 Å². The van der Waals surface area contributed by atoms with Gasteiger partial charge in [-0.25, -0.2) is 0 Å². The number of hydrogen-bond donors (Lipinski definition) is 3. The molecule has 0 radical (unpaired) electrons. The number of amides is 3. The summed E-state index contributed by atoms with van der Waals surface area (Å²) in [5, 5.41) is 16.0. The minimum atomic E-state index is -0.801. The fourth-order valence-corrected chi connectivity index (χ4v) is 4.65. The van der Waals surface area contributed by atoms with Crippen LogP contribution in [0.2, 0.25) is 0 Å². The van der Waals surface area contributed by atoms with Crippen LogP contribution in [0.4, 0.5) is 0 Å². The van der Waals surface area contributed by atoms with Gasteiger partial charge in [0.2, 0.25) is 11.8 Å². The minimum absolute atomic E-state index is 0.0870. The Bertz CT molecular complexity index is 1130. The van der Waals surface area contributed by atoms with Gasteiger partial charge in [0.25, 0.3) is 5.91 Å². The molecule has 2 aromatic rings. The normalized spacial score (nSPS) is 19.3. The molecule has 9 nitrogen and oxygen atoms in total. The molecule has 1 aromatic carbocycles. The van der Waals surface area contributed by atoms with Crippen molar-refractivity contribution in [3.63, 3.8) is 0 Å². The van der Waals surface area contributed by atoms with Gasteiger partial charge in [0.15, 0.2) is 0 Å². The molecular formula is C25H31N5O4. The van der Waals surface area contributed by atoms with Gasteiger partial charge < -0.3 is 25.7 Å². The monoisotopic (exact) mass is 465 g/mol. The lowest BCUT2D eigenvalue weighted by molar-refractivity contribution is -0.126. The summed E-state index contributed by atoms with van der Waals surface area (Å²) in [6.07, 6.45) is 4.31. The molecule has 1 unspecified atom stereocenters. The molecule has 3 amide bonds. The number of fused-ring (bicyclic) bond motifs is 1. The largest absolute Gasteiger partial charge is 0.493 e. The molecule has 2 aliphatic rings. The van der Waals surface area contributed by atoms with Crippen LogP contribution in [0.25, 0.3) is 10.9 Å². The summed E-state index contributed by atoms with van der Waals surface area (Å²) in [4.78, 5) is 37.9. The second kappa shape index (κ2) is 10.2. The molecule has 9 heteroatoms. The molecule has 4 rings (SSSR count). The number of rotatable bonds is 11. The van der Waals surface area contributed by atoms with E-state index in [2.05, 4.69) is 16.7 Å². The molecule has 2 fully saturated rings. The Balaban J connectivity index is 1.67. The summed E-state index contributed by atoms with van der Waals surface area (Å²) >= 11 is 0. The second-order valence-electron chi connectivity index (χ2n) is 9.20. The molecule has 3 atom stereocenters. The maximum atomic E-state index is 13.5. The number of carbonyl (C=O) groups excluding carboxylic acids is 3. The minimum Gasteiger partial charge on any atom is -0.493 e. The number of aromatic nitrogens is 1. The van der Waals surface area contributed by atoms with Gasteiger partial charge in [-0.05, 0) is 49.8 Å². The Morgan fingerprint density at radius 1 is 1.32 bits per heavy atom. The van der Waals surface area contributed by atoms with E-state index in [1.165, 1.54) is 0 Å². The average Bonchev–Trinajstić information content (AvgIpc) is 3.43. The highest BCUT2D eigenvalue weighted by molar-refractivity contribution is 6.01. The van der Waals surface area contributed by atoms with E-state index in [4.69, 9.17) is 10.5 Å². The Morgan fingerprint density at radius 3 is 2.74 bits per heavy atom. The summed E-state index contributed by atoms with van der Waals surface area (Å²) in [5.41, 5.74) is 6.65. The zero-order chi connectivity index (χ0) is 24.2. The summed E-state index contributed by atoms with van der Waals surface area (Å²) in [6.45, 7) is 3.12. The number of benzene rings is 1. The predicted octanol–water partition coefficient (Wildman–Crippen LogP) is 2.40. The van der Waals surface area contributed by atoms with Crippen LogP contribution < -0.4 is 21.1 Å².